The van der Waals surface area contributed by atoms with Crippen LogP contribution in [0.15, 0.2) is 24.3 Å². The van der Waals surface area contributed by atoms with Crippen molar-refractivity contribution in [2.75, 3.05) is 0 Å². The van der Waals surface area contributed by atoms with Crippen LogP contribution in [0.25, 0.3) is 10.9 Å². The number of hydrogen-bond acceptors (Lipinski definition) is 2. The Morgan fingerprint density at radius 1 is 1.50 bits per heavy atom. The Bertz CT molecular complexity index is 532. The Morgan fingerprint density at radius 2 is 2.19 bits per heavy atom. The highest BCUT2D eigenvalue weighted by molar-refractivity contribution is 5.92. The fraction of sp³-hybridized carbons (Fsp3) is 0.333. The van der Waals surface area contributed by atoms with E-state index in [2.05, 4.69) is 10.2 Å². The molecule has 0 aliphatic heterocycles. The first-order chi connectivity index (χ1) is 7.59. The SMILES string of the molecule is CCC(C)(C(N)=O)c1[nH]nc2ccccc12. The molecule has 1 aromatic heterocycles. The summed E-state index contributed by atoms with van der Waals surface area (Å²) in [4.78, 5) is 11.6. The average molecular weight is 217 g/mol. The lowest BCUT2D eigenvalue weighted by Crippen LogP contribution is -2.38. The van der Waals surface area contributed by atoms with Crippen LogP contribution in [0.1, 0.15) is 26.0 Å². The molecule has 84 valence electrons. The molecule has 0 saturated heterocycles. The van der Waals surface area contributed by atoms with E-state index in [0.29, 0.717) is 6.42 Å². The highest BCUT2D eigenvalue weighted by Gasteiger charge is 2.34. The number of carbonyl (C=O) groups excluding carboxylic acids is 1. The number of fused-ring (bicyclic) bond motifs is 1. The van der Waals surface area contributed by atoms with E-state index in [1.54, 1.807) is 0 Å². The zero-order chi connectivity index (χ0) is 11.8. The summed E-state index contributed by atoms with van der Waals surface area (Å²) in [5.41, 5.74) is 6.46. The van der Waals surface area contributed by atoms with Crippen LogP contribution >= 0.6 is 0 Å². The Hall–Kier alpha value is -1.84. The van der Waals surface area contributed by atoms with Crippen molar-refractivity contribution in [1.29, 1.82) is 0 Å². The Kier molecular flexibility index (Phi) is 2.42. The number of nitrogens with zero attached hydrogens (tertiary/aromatic N) is 1. The third-order valence-electron chi connectivity index (χ3n) is 3.26. The maximum Gasteiger partial charge on any atom is 0.229 e. The molecule has 4 heteroatoms. The van der Waals surface area contributed by atoms with Gasteiger partial charge in [-0.05, 0) is 19.4 Å². The summed E-state index contributed by atoms with van der Waals surface area (Å²) in [6.07, 6.45) is 0.647. The highest BCUT2D eigenvalue weighted by atomic mass is 16.1. The Morgan fingerprint density at radius 3 is 2.81 bits per heavy atom. The van der Waals surface area contributed by atoms with Crippen molar-refractivity contribution in [2.45, 2.75) is 25.7 Å². The van der Waals surface area contributed by atoms with Crippen molar-refractivity contribution in [2.24, 2.45) is 5.73 Å². The molecule has 16 heavy (non-hydrogen) atoms. The minimum atomic E-state index is -0.684. The molecule has 0 saturated carbocycles. The van der Waals surface area contributed by atoms with Gasteiger partial charge < -0.3 is 5.73 Å². The molecule has 4 nitrogen and oxygen atoms in total. The number of H-pyrrole nitrogens is 1. The molecule has 1 heterocycles. The predicted octanol–water partition coefficient (Wildman–Crippen LogP) is 1.72. The molecule has 1 unspecified atom stereocenters. The quantitative estimate of drug-likeness (QED) is 0.821. The third kappa shape index (κ3) is 1.38. The molecule has 1 atom stereocenters. The van der Waals surface area contributed by atoms with E-state index < -0.39 is 5.41 Å². The van der Waals surface area contributed by atoms with Gasteiger partial charge in [-0.25, -0.2) is 0 Å². The summed E-state index contributed by atoms with van der Waals surface area (Å²) < 4.78 is 0. The van der Waals surface area contributed by atoms with Crippen LogP contribution in [-0.4, -0.2) is 16.1 Å². The summed E-state index contributed by atoms with van der Waals surface area (Å²) in [5.74, 6) is -0.329. The molecule has 1 aromatic carbocycles. The van der Waals surface area contributed by atoms with E-state index in [-0.39, 0.29) is 5.91 Å². The van der Waals surface area contributed by atoms with Gasteiger partial charge in [-0.1, -0.05) is 25.1 Å². The molecular formula is C12H15N3O. The van der Waals surface area contributed by atoms with Gasteiger partial charge in [0, 0.05) is 5.39 Å². The second-order valence-corrected chi connectivity index (χ2v) is 4.17. The van der Waals surface area contributed by atoms with Gasteiger partial charge in [-0.3, -0.25) is 9.89 Å². The minimum Gasteiger partial charge on any atom is -0.369 e. The Labute approximate surface area is 93.8 Å². The Balaban J connectivity index is 2.67. The first kappa shape index (κ1) is 10.7. The maximum atomic E-state index is 11.6. The van der Waals surface area contributed by atoms with Gasteiger partial charge in [0.1, 0.15) is 0 Å². The van der Waals surface area contributed by atoms with Gasteiger partial charge in [-0.2, -0.15) is 5.10 Å². The lowest BCUT2D eigenvalue weighted by Gasteiger charge is -2.22. The third-order valence-corrected chi connectivity index (χ3v) is 3.26. The molecule has 2 aromatic rings. The molecule has 0 aliphatic carbocycles. The lowest BCUT2D eigenvalue weighted by atomic mass is 9.82. The normalized spacial score (nSPS) is 14.9. The highest BCUT2D eigenvalue weighted by Crippen LogP contribution is 2.30. The van der Waals surface area contributed by atoms with Gasteiger partial charge in [-0.15, -0.1) is 0 Å². The van der Waals surface area contributed by atoms with Crippen LogP contribution in [0.3, 0.4) is 0 Å². The lowest BCUT2D eigenvalue weighted by molar-refractivity contribution is -0.123. The first-order valence-corrected chi connectivity index (χ1v) is 5.33. The molecule has 1 amide bonds. The van der Waals surface area contributed by atoms with E-state index in [1.165, 1.54) is 0 Å². The topological polar surface area (TPSA) is 71.8 Å². The van der Waals surface area contributed by atoms with E-state index in [9.17, 15) is 4.79 Å². The molecule has 0 radical (unpaired) electrons. The second kappa shape index (κ2) is 3.63. The maximum absolute atomic E-state index is 11.6. The number of para-hydroxylation sites is 1. The van der Waals surface area contributed by atoms with Crippen molar-refractivity contribution in [3.05, 3.63) is 30.0 Å². The van der Waals surface area contributed by atoms with E-state index >= 15 is 0 Å². The first-order valence-electron chi connectivity index (χ1n) is 5.33. The zero-order valence-corrected chi connectivity index (χ0v) is 9.45. The molecule has 2 rings (SSSR count). The summed E-state index contributed by atoms with van der Waals surface area (Å²) in [6, 6.07) is 7.70. The largest absolute Gasteiger partial charge is 0.369 e. The van der Waals surface area contributed by atoms with Crippen molar-refractivity contribution >= 4 is 16.8 Å². The van der Waals surface area contributed by atoms with Crippen LogP contribution < -0.4 is 5.73 Å². The standard InChI is InChI=1S/C12H15N3O/c1-3-12(2,11(13)16)10-8-6-4-5-7-9(8)14-15-10/h4-7H,3H2,1-2H3,(H2,13,16)(H,14,15). The number of aromatic amines is 1. The number of rotatable bonds is 3. The molecule has 0 spiro atoms. The average Bonchev–Trinajstić information content (AvgIpc) is 2.72. The van der Waals surface area contributed by atoms with Gasteiger partial charge in [0.05, 0.1) is 16.6 Å². The van der Waals surface area contributed by atoms with Crippen molar-refractivity contribution < 1.29 is 4.79 Å². The van der Waals surface area contributed by atoms with Gasteiger partial charge >= 0.3 is 0 Å². The molecule has 0 aliphatic rings. The van der Waals surface area contributed by atoms with E-state index in [1.807, 2.05) is 38.1 Å². The number of benzene rings is 1. The van der Waals surface area contributed by atoms with Gasteiger partial charge in [0.2, 0.25) is 5.91 Å². The summed E-state index contributed by atoms with van der Waals surface area (Å²) in [6.45, 7) is 3.79. The van der Waals surface area contributed by atoms with Crippen molar-refractivity contribution in [3.8, 4) is 0 Å². The molecular weight excluding hydrogens is 202 g/mol. The van der Waals surface area contributed by atoms with Crippen molar-refractivity contribution in [3.63, 3.8) is 0 Å². The smallest absolute Gasteiger partial charge is 0.229 e. The number of nitrogens with two attached hydrogens (primary N) is 1. The van der Waals surface area contributed by atoms with Crippen LogP contribution in [0, 0.1) is 0 Å². The van der Waals surface area contributed by atoms with E-state index in [0.717, 1.165) is 16.6 Å². The van der Waals surface area contributed by atoms with Crippen molar-refractivity contribution in [1.82, 2.24) is 10.2 Å². The second-order valence-electron chi connectivity index (χ2n) is 4.17. The fourth-order valence-electron chi connectivity index (χ4n) is 1.85. The fourth-order valence-corrected chi connectivity index (χ4v) is 1.85. The van der Waals surface area contributed by atoms with Crippen LogP contribution in [0.2, 0.25) is 0 Å². The monoisotopic (exact) mass is 217 g/mol. The van der Waals surface area contributed by atoms with Crippen LogP contribution in [0.4, 0.5) is 0 Å². The minimum absolute atomic E-state index is 0.329. The number of primary amides is 1. The van der Waals surface area contributed by atoms with E-state index in [4.69, 9.17) is 5.73 Å². The number of carbonyl (C=O) groups is 1. The predicted molar refractivity (Wildman–Crippen MR) is 62.9 cm³/mol. The number of aromatic nitrogens is 2. The summed E-state index contributed by atoms with van der Waals surface area (Å²) >= 11 is 0. The summed E-state index contributed by atoms with van der Waals surface area (Å²) in [5, 5.41) is 8.08. The van der Waals surface area contributed by atoms with Gasteiger partial charge in [0.25, 0.3) is 0 Å². The number of amides is 1. The molecule has 0 bridgehead atoms. The number of nitrogens with one attached hydrogen (secondary N) is 1. The molecule has 3 N–H and O–H groups in total. The molecule has 0 fully saturated rings. The number of hydrogen-bond donors (Lipinski definition) is 2. The van der Waals surface area contributed by atoms with Crippen LogP contribution in [-0.2, 0) is 10.2 Å². The summed E-state index contributed by atoms with van der Waals surface area (Å²) in [7, 11) is 0. The zero-order valence-electron chi connectivity index (χ0n) is 9.45. The van der Waals surface area contributed by atoms with Crippen LogP contribution in [0.5, 0.6) is 0 Å². The van der Waals surface area contributed by atoms with Gasteiger partial charge in [0.15, 0.2) is 0 Å².